The van der Waals surface area contributed by atoms with Gasteiger partial charge in [-0.25, -0.2) is 9.59 Å². The summed E-state index contributed by atoms with van der Waals surface area (Å²) in [6.45, 7) is 3.84. The first-order valence-corrected chi connectivity index (χ1v) is 8.49. The fraction of sp³-hybridized carbons (Fsp3) is 0.421. The lowest BCUT2D eigenvalue weighted by atomic mass is 10.0. The van der Waals surface area contributed by atoms with E-state index in [1.165, 1.54) is 18.2 Å². The minimum atomic E-state index is -0.553. The highest BCUT2D eigenvalue weighted by molar-refractivity contribution is 5.99. The molecule has 2 rings (SSSR count). The lowest BCUT2D eigenvalue weighted by molar-refractivity contribution is -0.116. The number of benzene rings is 1. The van der Waals surface area contributed by atoms with E-state index >= 15 is 0 Å². The maximum atomic E-state index is 12.2. The van der Waals surface area contributed by atoms with Crippen LogP contribution in [0, 0.1) is 5.92 Å². The summed E-state index contributed by atoms with van der Waals surface area (Å²) in [4.78, 5) is 36.2. The van der Waals surface area contributed by atoms with E-state index in [9.17, 15) is 14.4 Å². The molecular weight excluding hydrogens is 322 g/mol. The largest absolute Gasteiger partial charge is 0.462 e. The first kappa shape index (κ1) is 18.7. The van der Waals surface area contributed by atoms with Crippen LogP contribution in [0.5, 0.6) is 0 Å². The van der Waals surface area contributed by atoms with Crippen molar-refractivity contribution < 1.29 is 23.9 Å². The summed E-state index contributed by atoms with van der Waals surface area (Å²) >= 11 is 0. The Morgan fingerprint density at radius 3 is 2.12 bits per heavy atom. The minimum Gasteiger partial charge on any atom is -0.462 e. The summed E-state index contributed by atoms with van der Waals surface area (Å²) in [5, 5.41) is 2.76. The zero-order valence-electron chi connectivity index (χ0n) is 14.5. The molecule has 1 aliphatic carbocycles. The van der Waals surface area contributed by atoms with E-state index in [1.807, 2.05) is 6.08 Å². The smallest absolute Gasteiger partial charge is 0.338 e. The molecule has 6 nitrogen and oxygen atoms in total. The van der Waals surface area contributed by atoms with Crippen molar-refractivity contribution in [2.75, 3.05) is 18.5 Å². The fourth-order valence-electron chi connectivity index (χ4n) is 2.68. The highest BCUT2D eigenvalue weighted by Gasteiger charge is 2.18. The van der Waals surface area contributed by atoms with Gasteiger partial charge >= 0.3 is 11.9 Å². The van der Waals surface area contributed by atoms with Crippen LogP contribution in [0.15, 0.2) is 30.4 Å². The quantitative estimate of drug-likeness (QED) is 0.605. The Labute approximate surface area is 147 Å². The van der Waals surface area contributed by atoms with Gasteiger partial charge in [0.25, 0.3) is 0 Å². The second-order valence-corrected chi connectivity index (χ2v) is 5.76. The lowest BCUT2D eigenvalue weighted by Gasteiger charge is -2.12. The average molecular weight is 345 g/mol. The summed E-state index contributed by atoms with van der Waals surface area (Å²) < 4.78 is 9.95. The molecule has 1 atom stereocenters. The topological polar surface area (TPSA) is 81.7 Å². The van der Waals surface area contributed by atoms with Crippen molar-refractivity contribution in [1.29, 1.82) is 0 Å². The highest BCUT2D eigenvalue weighted by atomic mass is 16.5. The number of carbonyl (C=O) groups excluding carboxylic acids is 3. The number of amides is 1. The van der Waals surface area contributed by atoms with Crippen molar-refractivity contribution in [3.8, 4) is 0 Å². The Hall–Kier alpha value is -2.63. The van der Waals surface area contributed by atoms with Crippen molar-refractivity contribution in [3.63, 3.8) is 0 Å². The van der Waals surface area contributed by atoms with Crippen LogP contribution in [0.3, 0.4) is 0 Å². The maximum Gasteiger partial charge on any atom is 0.338 e. The van der Waals surface area contributed by atoms with Crippen molar-refractivity contribution in [1.82, 2.24) is 0 Å². The van der Waals surface area contributed by atoms with E-state index < -0.39 is 11.9 Å². The first-order valence-electron chi connectivity index (χ1n) is 8.49. The van der Waals surface area contributed by atoms with Crippen molar-refractivity contribution in [2.24, 2.45) is 5.92 Å². The Morgan fingerprint density at radius 2 is 1.64 bits per heavy atom. The normalized spacial score (nSPS) is 15.7. The number of nitrogens with one attached hydrogen (secondary N) is 1. The monoisotopic (exact) mass is 345 g/mol. The fourth-order valence-corrected chi connectivity index (χ4v) is 2.68. The van der Waals surface area contributed by atoms with E-state index in [0.29, 0.717) is 12.1 Å². The van der Waals surface area contributed by atoms with E-state index in [0.717, 1.165) is 12.8 Å². The number of carbonyl (C=O) groups is 3. The molecule has 0 saturated heterocycles. The van der Waals surface area contributed by atoms with Crippen molar-refractivity contribution >= 4 is 23.5 Å². The molecule has 1 aromatic carbocycles. The molecule has 134 valence electrons. The number of hydrogen-bond acceptors (Lipinski definition) is 5. The first-order chi connectivity index (χ1) is 12.0. The van der Waals surface area contributed by atoms with Crippen LogP contribution in [0.4, 0.5) is 5.69 Å². The highest BCUT2D eigenvalue weighted by Crippen LogP contribution is 2.22. The third-order valence-corrected chi connectivity index (χ3v) is 3.80. The SMILES string of the molecule is CCOC(=O)c1cc(NC(=O)C[C@H]2C=CCC2)cc(C(=O)OCC)c1. The van der Waals surface area contributed by atoms with Crippen LogP contribution in [-0.2, 0) is 14.3 Å². The summed E-state index contributed by atoms with van der Waals surface area (Å²) in [6, 6.07) is 4.41. The molecule has 0 bridgehead atoms. The minimum absolute atomic E-state index is 0.160. The van der Waals surface area contributed by atoms with Crippen LogP contribution in [-0.4, -0.2) is 31.1 Å². The number of rotatable bonds is 7. The number of ether oxygens (including phenoxy) is 2. The predicted molar refractivity (Wildman–Crippen MR) is 93.5 cm³/mol. The van der Waals surface area contributed by atoms with Gasteiger partial charge in [0.2, 0.25) is 5.91 Å². The van der Waals surface area contributed by atoms with Gasteiger partial charge in [-0.3, -0.25) is 4.79 Å². The van der Waals surface area contributed by atoms with Crippen LogP contribution in [0.1, 0.15) is 53.8 Å². The zero-order valence-corrected chi connectivity index (χ0v) is 14.5. The molecular formula is C19H23NO5. The molecule has 0 radical (unpaired) electrons. The van der Waals surface area contributed by atoms with Gasteiger partial charge in [-0.1, -0.05) is 12.2 Å². The van der Waals surface area contributed by atoms with Crippen LogP contribution in [0.25, 0.3) is 0 Å². The van der Waals surface area contributed by atoms with Gasteiger partial charge in [-0.15, -0.1) is 0 Å². The molecule has 1 N–H and O–H groups in total. The van der Waals surface area contributed by atoms with Gasteiger partial charge in [-0.2, -0.15) is 0 Å². The second-order valence-electron chi connectivity index (χ2n) is 5.76. The van der Waals surface area contributed by atoms with E-state index in [2.05, 4.69) is 11.4 Å². The van der Waals surface area contributed by atoms with Gasteiger partial charge in [0.1, 0.15) is 0 Å². The van der Waals surface area contributed by atoms with Gasteiger partial charge < -0.3 is 14.8 Å². The van der Waals surface area contributed by atoms with Gasteiger partial charge in [0, 0.05) is 12.1 Å². The van der Waals surface area contributed by atoms with Gasteiger partial charge in [0.05, 0.1) is 24.3 Å². The lowest BCUT2D eigenvalue weighted by Crippen LogP contribution is -2.16. The van der Waals surface area contributed by atoms with Crippen molar-refractivity contribution in [3.05, 3.63) is 41.5 Å². The van der Waals surface area contributed by atoms with E-state index in [4.69, 9.17) is 9.47 Å². The maximum absolute atomic E-state index is 12.2. The Morgan fingerprint density at radius 1 is 1.04 bits per heavy atom. The third kappa shape index (κ3) is 5.45. The van der Waals surface area contributed by atoms with Gasteiger partial charge in [-0.05, 0) is 50.8 Å². The number of hydrogen-bond donors (Lipinski definition) is 1. The summed E-state index contributed by atoms with van der Waals surface area (Å²) in [7, 11) is 0. The third-order valence-electron chi connectivity index (χ3n) is 3.80. The van der Waals surface area contributed by atoms with Crippen LogP contribution in [0.2, 0.25) is 0 Å². The number of anilines is 1. The van der Waals surface area contributed by atoms with E-state index in [-0.39, 0.29) is 36.2 Å². The Balaban J connectivity index is 2.19. The van der Waals surface area contributed by atoms with Crippen LogP contribution < -0.4 is 5.32 Å². The molecule has 0 aliphatic heterocycles. The molecule has 0 fully saturated rings. The Bertz CT molecular complexity index is 644. The molecule has 1 amide bonds. The molecule has 1 aromatic rings. The summed E-state index contributed by atoms with van der Waals surface area (Å²) in [5.41, 5.74) is 0.771. The Kier molecular flexibility index (Phi) is 6.74. The number of esters is 2. The molecule has 0 heterocycles. The average Bonchev–Trinajstić information content (AvgIpc) is 3.07. The molecule has 1 aliphatic rings. The molecule has 0 unspecified atom stereocenters. The summed E-state index contributed by atoms with van der Waals surface area (Å²) in [5.74, 6) is -1.03. The molecule has 25 heavy (non-hydrogen) atoms. The molecule has 0 aromatic heterocycles. The molecule has 0 spiro atoms. The summed E-state index contributed by atoms with van der Waals surface area (Å²) in [6.07, 6.45) is 6.43. The van der Waals surface area contributed by atoms with Crippen LogP contribution >= 0.6 is 0 Å². The predicted octanol–water partition coefficient (Wildman–Crippen LogP) is 3.33. The molecule has 6 heteroatoms. The van der Waals surface area contributed by atoms with Crippen molar-refractivity contribution in [2.45, 2.75) is 33.1 Å². The zero-order chi connectivity index (χ0) is 18.2. The molecule has 0 saturated carbocycles. The standard InChI is InChI=1S/C19H23NO5/c1-3-24-18(22)14-10-15(19(23)25-4-2)12-16(11-14)20-17(21)9-13-7-5-6-8-13/h5,7,10-13H,3-4,6,8-9H2,1-2H3,(H,20,21)/t13-/m0/s1. The number of allylic oxidation sites excluding steroid dienone is 2. The van der Waals surface area contributed by atoms with E-state index in [1.54, 1.807) is 13.8 Å². The van der Waals surface area contributed by atoms with Gasteiger partial charge in [0.15, 0.2) is 0 Å². The second kappa shape index (κ2) is 9.01.